The molecule has 3 nitrogen and oxygen atoms in total. The summed E-state index contributed by atoms with van der Waals surface area (Å²) >= 11 is 0. The number of Topliss-reactive ketones (excluding diaryl/α,β-unsaturated/α-hetero) is 1. The van der Waals surface area contributed by atoms with Gasteiger partial charge in [-0.1, -0.05) is 69.4 Å². The van der Waals surface area contributed by atoms with Crippen molar-refractivity contribution in [3.63, 3.8) is 0 Å². The number of likely N-dealkylation sites (tertiary alicyclic amines) is 1. The van der Waals surface area contributed by atoms with Crippen molar-refractivity contribution in [3.05, 3.63) is 65.7 Å². The summed E-state index contributed by atoms with van der Waals surface area (Å²) in [6.45, 7) is 5.98. The average Bonchev–Trinajstić information content (AvgIpc) is 2.81. The highest BCUT2D eigenvalue weighted by Gasteiger charge is 2.25. The van der Waals surface area contributed by atoms with Crippen LogP contribution in [0.5, 0.6) is 5.75 Å². The van der Waals surface area contributed by atoms with Crippen molar-refractivity contribution in [1.29, 1.82) is 0 Å². The highest BCUT2D eigenvalue weighted by atomic mass is 16.5. The first-order valence-electron chi connectivity index (χ1n) is 11.8. The molecule has 2 aromatic rings. The van der Waals surface area contributed by atoms with Gasteiger partial charge in [0.05, 0.1) is 12.5 Å². The van der Waals surface area contributed by atoms with Crippen LogP contribution >= 0.6 is 0 Å². The maximum atomic E-state index is 13.4. The van der Waals surface area contributed by atoms with Gasteiger partial charge in [-0.05, 0) is 62.2 Å². The Morgan fingerprint density at radius 2 is 1.60 bits per heavy atom. The van der Waals surface area contributed by atoms with Gasteiger partial charge < -0.3 is 9.64 Å². The van der Waals surface area contributed by atoms with Gasteiger partial charge in [-0.3, -0.25) is 4.79 Å². The number of benzene rings is 2. The molecule has 0 radical (unpaired) electrons. The molecule has 0 aromatic heterocycles. The van der Waals surface area contributed by atoms with E-state index in [0.29, 0.717) is 0 Å². The molecule has 0 aliphatic carbocycles. The first-order valence-corrected chi connectivity index (χ1v) is 11.8. The van der Waals surface area contributed by atoms with Crippen LogP contribution in [0.3, 0.4) is 0 Å². The SMILES string of the molecule is CCCCCCCOc1ccc(C(=O)[C@@H](CN2CCCCC2)c2ccccc2)cc1. The minimum Gasteiger partial charge on any atom is -0.494 e. The molecule has 1 saturated heterocycles. The molecule has 2 aromatic carbocycles. The fourth-order valence-corrected chi connectivity index (χ4v) is 4.24. The molecule has 3 heteroatoms. The topological polar surface area (TPSA) is 29.5 Å². The Morgan fingerprint density at radius 3 is 2.30 bits per heavy atom. The zero-order valence-electron chi connectivity index (χ0n) is 18.5. The molecule has 0 amide bonds. The van der Waals surface area contributed by atoms with Gasteiger partial charge in [0.15, 0.2) is 5.78 Å². The summed E-state index contributed by atoms with van der Waals surface area (Å²) in [6, 6.07) is 18.0. The molecule has 0 spiro atoms. The summed E-state index contributed by atoms with van der Waals surface area (Å²) in [6.07, 6.45) is 9.94. The lowest BCUT2D eigenvalue weighted by molar-refractivity contribution is 0.0925. The van der Waals surface area contributed by atoms with Gasteiger partial charge in [-0.2, -0.15) is 0 Å². The van der Waals surface area contributed by atoms with E-state index in [0.717, 1.165) is 49.5 Å². The van der Waals surface area contributed by atoms with Crippen LogP contribution in [0.1, 0.15) is 80.1 Å². The quantitative estimate of drug-likeness (QED) is 0.297. The molecule has 30 heavy (non-hydrogen) atoms. The van der Waals surface area contributed by atoms with E-state index in [4.69, 9.17) is 4.74 Å². The first-order chi connectivity index (χ1) is 14.8. The number of carbonyl (C=O) groups excluding carboxylic acids is 1. The monoisotopic (exact) mass is 407 g/mol. The van der Waals surface area contributed by atoms with Crippen LogP contribution in [0.25, 0.3) is 0 Å². The molecule has 0 N–H and O–H groups in total. The van der Waals surface area contributed by atoms with Gasteiger partial charge in [0.1, 0.15) is 5.75 Å². The highest BCUT2D eigenvalue weighted by Crippen LogP contribution is 2.25. The minimum atomic E-state index is -0.116. The number of piperidine rings is 1. The number of ether oxygens (including phenoxy) is 1. The smallest absolute Gasteiger partial charge is 0.171 e. The Kier molecular flexibility index (Phi) is 9.43. The first kappa shape index (κ1) is 22.6. The number of hydrogen-bond acceptors (Lipinski definition) is 3. The van der Waals surface area contributed by atoms with Crippen molar-refractivity contribution < 1.29 is 9.53 Å². The Bertz CT molecular complexity index is 735. The van der Waals surface area contributed by atoms with Gasteiger partial charge in [0.25, 0.3) is 0 Å². The second-order valence-corrected chi connectivity index (χ2v) is 8.48. The summed E-state index contributed by atoms with van der Waals surface area (Å²) in [5.74, 6) is 0.946. The van der Waals surface area contributed by atoms with E-state index in [-0.39, 0.29) is 11.7 Å². The lowest BCUT2D eigenvalue weighted by atomic mass is 9.89. The van der Waals surface area contributed by atoms with Gasteiger partial charge in [-0.15, -0.1) is 0 Å². The van der Waals surface area contributed by atoms with Gasteiger partial charge in [-0.25, -0.2) is 0 Å². The number of rotatable bonds is 12. The molecule has 0 bridgehead atoms. The molecule has 0 unspecified atom stereocenters. The summed E-state index contributed by atoms with van der Waals surface area (Å²) in [5, 5.41) is 0. The zero-order valence-corrected chi connectivity index (χ0v) is 18.5. The van der Waals surface area contributed by atoms with Crippen LogP contribution in [0, 0.1) is 0 Å². The molecule has 1 aliphatic heterocycles. The highest BCUT2D eigenvalue weighted by molar-refractivity contribution is 6.01. The van der Waals surface area contributed by atoms with Crippen molar-refractivity contribution in [1.82, 2.24) is 4.90 Å². The van der Waals surface area contributed by atoms with E-state index >= 15 is 0 Å². The van der Waals surface area contributed by atoms with E-state index in [9.17, 15) is 4.79 Å². The molecule has 162 valence electrons. The standard InChI is InChI=1S/C27H37NO2/c1-2-3-4-5-12-21-30-25-17-15-24(16-18-25)27(29)26(23-13-8-6-9-14-23)22-28-19-10-7-11-20-28/h6,8-9,13-18,26H,2-5,7,10-12,19-22H2,1H3/t26-/m0/s1. The van der Waals surface area contributed by atoms with E-state index in [1.165, 1.54) is 44.9 Å². The van der Waals surface area contributed by atoms with E-state index < -0.39 is 0 Å². The van der Waals surface area contributed by atoms with Crippen LogP contribution < -0.4 is 4.74 Å². The van der Waals surface area contributed by atoms with E-state index in [1.54, 1.807) is 0 Å². The Balaban J connectivity index is 1.60. The average molecular weight is 408 g/mol. The molecular formula is C27H37NO2. The van der Waals surface area contributed by atoms with E-state index in [1.807, 2.05) is 42.5 Å². The van der Waals surface area contributed by atoms with Crippen LogP contribution in [0.4, 0.5) is 0 Å². The maximum Gasteiger partial charge on any atom is 0.171 e. The molecule has 1 fully saturated rings. The lowest BCUT2D eigenvalue weighted by Crippen LogP contribution is -2.35. The summed E-state index contributed by atoms with van der Waals surface area (Å²) < 4.78 is 5.87. The Hall–Kier alpha value is -2.13. The zero-order chi connectivity index (χ0) is 21.0. The second kappa shape index (κ2) is 12.5. The molecule has 0 saturated carbocycles. The van der Waals surface area contributed by atoms with Crippen LogP contribution in [-0.2, 0) is 0 Å². The fourth-order valence-electron chi connectivity index (χ4n) is 4.24. The summed E-state index contributed by atoms with van der Waals surface area (Å²) in [5.41, 5.74) is 1.89. The molecular weight excluding hydrogens is 370 g/mol. The van der Waals surface area contributed by atoms with Crippen molar-refractivity contribution in [2.24, 2.45) is 0 Å². The van der Waals surface area contributed by atoms with Gasteiger partial charge in [0.2, 0.25) is 0 Å². The third-order valence-corrected chi connectivity index (χ3v) is 6.06. The minimum absolute atomic E-state index is 0.116. The number of ketones is 1. The summed E-state index contributed by atoms with van der Waals surface area (Å²) in [4.78, 5) is 15.9. The van der Waals surface area contributed by atoms with Crippen LogP contribution in [0.2, 0.25) is 0 Å². The molecule has 1 atom stereocenters. The van der Waals surface area contributed by atoms with Crippen molar-refractivity contribution in [2.45, 2.75) is 64.2 Å². The largest absolute Gasteiger partial charge is 0.494 e. The second-order valence-electron chi connectivity index (χ2n) is 8.48. The van der Waals surface area contributed by atoms with Crippen LogP contribution in [0.15, 0.2) is 54.6 Å². The van der Waals surface area contributed by atoms with Crippen molar-refractivity contribution >= 4 is 5.78 Å². The Labute approximate surface area is 182 Å². The normalized spacial score (nSPS) is 15.6. The molecule has 1 aliphatic rings. The van der Waals surface area contributed by atoms with Crippen LogP contribution in [-0.4, -0.2) is 36.9 Å². The van der Waals surface area contributed by atoms with Gasteiger partial charge in [0, 0.05) is 12.1 Å². The molecule has 1 heterocycles. The Morgan fingerprint density at radius 1 is 0.900 bits per heavy atom. The maximum absolute atomic E-state index is 13.4. The van der Waals surface area contributed by atoms with E-state index in [2.05, 4.69) is 24.0 Å². The number of carbonyl (C=O) groups is 1. The summed E-state index contributed by atoms with van der Waals surface area (Å²) in [7, 11) is 0. The number of nitrogens with zero attached hydrogens (tertiary/aromatic N) is 1. The number of hydrogen-bond donors (Lipinski definition) is 0. The molecule has 3 rings (SSSR count). The third-order valence-electron chi connectivity index (χ3n) is 6.06. The predicted molar refractivity (Wildman–Crippen MR) is 125 cm³/mol. The van der Waals surface area contributed by atoms with Gasteiger partial charge >= 0.3 is 0 Å². The van der Waals surface area contributed by atoms with Crippen molar-refractivity contribution in [3.8, 4) is 5.75 Å². The fraction of sp³-hybridized carbons (Fsp3) is 0.519. The third kappa shape index (κ3) is 6.98. The predicted octanol–water partition coefficient (Wildman–Crippen LogP) is 6.49. The lowest BCUT2D eigenvalue weighted by Gasteiger charge is -2.30. The number of unbranched alkanes of at least 4 members (excludes halogenated alkanes) is 4. The van der Waals surface area contributed by atoms with Crippen molar-refractivity contribution in [2.75, 3.05) is 26.2 Å².